The van der Waals surface area contributed by atoms with Gasteiger partial charge in [0.1, 0.15) is 0 Å². The molecular formula is C3H2F3NO4S. The van der Waals surface area contributed by atoms with Crippen molar-refractivity contribution in [3.8, 4) is 6.26 Å². The molecular weight excluding hydrogens is 203 g/mol. The van der Waals surface area contributed by atoms with Crippen molar-refractivity contribution in [3.05, 3.63) is 0 Å². The highest BCUT2D eigenvalue weighted by Gasteiger charge is 2.31. The molecule has 0 radical (unpaired) electrons. The van der Waals surface area contributed by atoms with Crippen LogP contribution in [0.4, 0.5) is 13.2 Å². The largest absolute Gasteiger partial charge is 0.459 e. The van der Waals surface area contributed by atoms with E-state index in [2.05, 4.69) is 8.37 Å². The van der Waals surface area contributed by atoms with E-state index in [9.17, 15) is 21.6 Å². The van der Waals surface area contributed by atoms with Crippen LogP contribution in [0.5, 0.6) is 0 Å². The smallest absolute Gasteiger partial charge is 0.281 e. The maximum atomic E-state index is 11.3. The van der Waals surface area contributed by atoms with Gasteiger partial charge in [0.05, 0.1) is 0 Å². The summed E-state index contributed by atoms with van der Waals surface area (Å²) in [6.45, 7) is -2.02. The minimum atomic E-state index is -4.85. The fourth-order valence-electron chi connectivity index (χ4n) is 0.209. The molecule has 0 N–H and O–H groups in total. The van der Waals surface area contributed by atoms with E-state index >= 15 is 0 Å². The summed E-state index contributed by atoms with van der Waals surface area (Å²) >= 11 is 0. The van der Waals surface area contributed by atoms with Crippen LogP contribution in [0.25, 0.3) is 0 Å². The Morgan fingerprint density at radius 3 is 2.25 bits per heavy atom. The zero-order chi connectivity index (χ0) is 9.83. The standard InChI is InChI=1S/C3H2F3NO4S/c4-3(5,6)1-10-12(8,9)11-2-7/h1H2. The van der Waals surface area contributed by atoms with Gasteiger partial charge in [-0.2, -0.15) is 21.6 Å². The third-order valence-electron chi connectivity index (χ3n) is 0.506. The number of alkyl halides is 3. The van der Waals surface area contributed by atoms with Crippen molar-refractivity contribution in [2.75, 3.05) is 6.61 Å². The number of nitrogens with zero attached hydrogens (tertiary/aromatic N) is 1. The SMILES string of the molecule is N#COS(=O)(=O)OCC(F)(F)F. The van der Waals surface area contributed by atoms with Gasteiger partial charge in [0.25, 0.3) is 0 Å². The Bertz CT molecular complexity index is 275. The Hall–Kier alpha value is -1.01. The van der Waals surface area contributed by atoms with E-state index in [0.29, 0.717) is 6.26 Å². The quantitative estimate of drug-likeness (QED) is 0.619. The van der Waals surface area contributed by atoms with Crippen LogP contribution >= 0.6 is 0 Å². The van der Waals surface area contributed by atoms with E-state index in [-0.39, 0.29) is 0 Å². The minimum Gasteiger partial charge on any atom is -0.281 e. The fraction of sp³-hybridized carbons (Fsp3) is 0.667. The molecule has 5 nitrogen and oxygen atoms in total. The predicted molar refractivity (Wildman–Crippen MR) is 27.6 cm³/mol. The van der Waals surface area contributed by atoms with Crippen LogP contribution in [0.15, 0.2) is 0 Å². The van der Waals surface area contributed by atoms with Crippen LogP contribution in [-0.4, -0.2) is 21.2 Å². The van der Waals surface area contributed by atoms with E-state index in [1.54, 1.807) is 0 Å². The van der Waals surface area contributed by atoms with Crippen LogP contribution < -0.4 is 0 Å². The molecule has 0 amide bonds. The number of rotatable bonds is 3. The van der Waals surface area contributed by atoms with E-state index in [1.807, 2.05) is 0 Å². The van der Waals surface area contributed by atoms with Crippen molar-refractivity contribution in [1.29, 1.82) is 5.26 Å². The van der Waals surface area contributed by atoms with Gasteiger partial charge in [0.15, 0.2) is 6.61 Å². The van der Waals surface area contributed by atoms with E-state index < -0.39 is 23.2 Å². The summed E-state index contributed by atoms with van der Waals surface area (Å²) in [4.78, 5) is 0. The Morgan fingerprint density at radius 2 is 1.92 bits per heavy atom. The Morgan fingerprint density at radius 1 is 1.42 bits per heavy atom. The van der Waals surface area contributed by atoms with Gasteiger partial charge < -0.3 is 0 Å². The van der Waals surface area contributed by atoms with Crippen molar-refractivity contribution < 1.29 is 30.0 Å². The second-order valence-corrected chi connectivity index (χ2v) is 2.68. The highest BCUT2D eigenvalue weighted by Crippen LogP contribution is 2.15. The molecule has 0 atom stereocenters. The lowest BCUT2D eigenvalue weighted by molar-refractivity contribution is -0.153. The number of halogens is 3. The molecule has 0 aliphatic heterocycles. The van der Waals surface area contributed by atoms with E-state index in [4.69, 9.17) is 5.26 Å². The second kappa shape index (κ2) is 3.59. The third-order valence-corrected chi connectivity index (χ3v) is 1.19. The van der Waals surface area contributed by atoms with Crippen LogP contribution in [0, 0.1) is 11.5 Å². The summed E-state index contributed by atoms with van der Waals surface area (Å²) in [5.41, 5.74) is 0. The summed E-state index contributed by atoms with van der Waals surface area (Å²) in [7, 11) is -4.85. The predicted octanol–water partition coefficient (Wildman–Crippen LogP) is 0.308. The first kappa shape index (κ1) is 11.0. The van der Waals surface area contributed by atoms with Crippen molar-refractivity contribution in [3.63, 3.8) is 0 Å². The minimum absolute atomic E-state index is 0.664. The molecule has 0 fully saturated rings. The van der Waals surface area contributed by atoms with Gasteiger partial charge in [-0.25, -0.2) is 4.18 Å². The zero-order valence-electron chi connectivity index (χ0n) is 5.33. The summed E-state index contributed by atoms with van der Waals surface area (Å²) in [6.07, 6.45) is -4.12. The summed E-state index contributed by atoms with van der Waals surface area (Å²) in [6, 6.07) is 0. The molecule has 0 aromatic heterocycles. The maximum absolute atomic E-state index is 11.3. The van der Waals surface area contributed by atoms with Crippen molar-refractivity contribution in [2.45, 2.75) is 6.18 Å². The van der Waals surface area contributed by atoms with Crippen molar-refractivity contribution >= 4 is 10.4 Å². The molecule has 0 spiro atoms. The summed E-state index contributed by atoms with van der Waals surface area (Å²) in [5.74, 6) is 0. The van der Waals surface area contributed by atoms with Gasteiger partial charge >= 0.3 is 22.8 Å². The lowest BCUT2D eigenvalue weighted by atomic mass is 10.7. The lowest BCUT2D eigenvalue weighted by Crippen LogP contribution is -2.20. The molecule has 0 unspecified atom stereocenters. The Kier molecular flexibility index (Phi) is 3.29. The Labute approximate surface area is 65.6 Å². The van der Waals surface area contributed by atoms with Crippen molar-refractivity contribution in [1.82, 2.24) is 0 Å². The average molecular weight is 205 g/mol. The highest BCUT2D eigenvalue weighted by molar-refractivity contribution is 7.82. The van der Waals surface area contributed by atoms with Gasteiger partial charge in [-0.15, -0.1) is 5.26 Å². The second-order valence-electron chi connectivity index (χ2n) is 1.46. The average Bonchev–Trinajstić information content (AvgIpc) is 1.83. The van der Waals surface area contributed by atoms with E-state index in [1.165, 1.54) is 0 Å². The third kappa shape index (κ3) is 5.75. The van der Waals surface area contributed by atoms with Gasteiger partial charge in [-0.1, -0.05) is 0 Å². The molecule has 0 heterocycles. The van der Waals surface area contributed by atoms with Crippen LogP contribution in [0.1, 0.15) is 0 Å². The van der Waals surface area contributed by atoms with E-state index in [0.717, 1.165) is 0 Å². The van der Waals surface area contributed by atoms with Crippen LogP contribution in [-0.2, 0) is 18.8 Å². The van der Waals surface area contributed by atoms with Crippen LogP contribution in [0.2, 0.25) is 0 Å². The van der Waals surface area contributed by atoms with Gasteiger partial charge in [0, 0.05) is 0 Å². The molecule has 0 aromatic rings. The fourth-order valence-corrected chi connectivity index (χ4v) is 0.626. The molecule has 12 heavy (non-hydrogen) atoms. The molecule has 0 bridgehead atoms. The molecule has 9 heteroatoms. The molecule has 0 aliphatic rings. The zero-order valence-corrected chi connectivity index (χ0v) is 6.15. The number of hydrogen-bond acceptors (Lipinski definition) is 5. The van der Waals surface area contributed by atoms with Crippen LogP contribution in [0.3, 0.4) is 0 Å². The first-order valence-corrected chi connectivity index (χ1v) is 3.64. The van der Waals surface area contributed by atoms with Gasteiger partial charge in [-0.05, 0) is 0 Å². The highest BCUT2D eigenvalue weighted by atomic mass is 32.3. The first-order chi connectivity index (χ1) is 5.27. The molecule has 0 rings (SSSR count). The van der Waals surface area contributed by atoms with Gasteiger partial charge in [-0.3, -0.25) is 4.18 Å². The normalized spacial score (nSPS) is 12.2. The topological polar surface area (TPSA) is 76.4 Å². The molecule has 70 valence electrons. The van der Waals surface area contributed by atoms with Crippen molar-refractivity contribution in [2.24, 2.45) is 0 Å². The number of hydrogen-bond donors (Lipinski definition) is 0. The first-order valence-electron chi connectivity index (χ1n) is 2.30. The molecule has 0 saturated heterocycles. The monoisotopic (exact) mass is 205 g/mol. The molecule has 0 aliphatic carbocycles. The summed E-state index contributed by atoms with van der Waals surface area (Å²) < 4.78 is 60.5. The Balaban J connectivity index is 4.05. The molecule has 0 saturated carbocycles. The molecule has 0 aromatic carbocycles. The number of nitriles is 1. The van der Waals surface area contributed by atoms with Gasteiger partial charge in [0.2, 0.25) is 0 Å². The summed E-state index contributed by atoms with van der Waals surface area (Å²) in [5, 5.41) is 7.62. The maximum Gasteiger partial charge on any atom is 0.459 e. The lowest BCUT2D eigenvalue weighted by Gasteiger charge is -2.04.